The normalized spacial score (nSPS) is 10.8. The summed E-state index contributed by atoms with van der Waals surface area (Å²) in [5.74, 6) is -0.239. The molecule has 0 saturated carbocycles. The van der Waals surface area contributed by atoms with Gasteiger partial charge in [0.2, 0.25) is 0 Å². The number of hydrogen-bond donors (Lipinski definition) is 1. The van der Waals surface area contributed by atoms with E-state index in [1.165, 1.54) is 6.07 Å². The van der Waals surface area contributed by atoms with Gasteiger partial charge < -0.3 is 10.1 Å². The fraction of sp³-hybridized carbons (Fsp3) is 0.176. The Kier molecular flexibility index (Phi) is 5.80. The van der Waals surface area contributed by atoms with Crippen LogP contribution in [-0.4, -0.2) is 19.8 Å². The highest BCUT2D eigenvalue weighted by atomic mass is 19.1. The van der Waals surface area contributed by atoms with Crippen LogP contribution in [0.4, 0.5) is 10.1 Å². The number of para-hydroxylation sites is 1. The first-order valence-corrected chi connectivity index (χ1v) is 6.64. The van der Waals surface area contributed by atoms with Crippen LogP contribution in [0.5, 0.6) is 0 Å². The lowest BCUT2D eigenvalue weighted by atomic mass is 10.2. The maximum atomic E-state index is 13.3. The quantitative estimate of drug-likeness (QED) is 0.769. The molecule has 0 aliphatic carbocycles. The van der Waals surface area contributed by atoms with Gasteiger partial charge in [0, 0.05) is 6.54 Å². The Bertz CT molecular complexity index is 540. The highest BCUT2D eigenvalue weighted by Crippen LogP contribution is 2.11. The lowest BCUT2D eigenvalue weighted by Crippen LogP contribution is -2.10. The first-order chi connectivity index (χ1) is 9.86. The van der Waals surface area contributed by atoms with Crippen molar-refractivity contribution in [2.24, 2.45) is 0 Å². The molecule has 0 aliphatic heterocycles. The maximum absolute atomic E-state index is 13.3. The molecule has 3 heteroatoms. The largest absolute Gasteiger partial charge is 0.380 e. The molecular formula is C17H18FNO. The van der Waals surface area contributed by atoms with Gasteiger partial charge in [-0.15, -0.1) is 0 Å². The van der Waals surface area contributed by atoms with E-state index in [9.17, 15) is 4.39 Å². The third-order valence-electron chi connectivity index (χ3n) is 2.76. The van der Waals surface area contributed by atoms with Gasteiger partial charge in [-0.05, 0) is 17.7 Å². The lowest BCUT2D eigenvalue weighted by molar-refractivity contribution is 0.173. The Balaban J connectivity index is 1.61. The number of halogens is 1. The number of rotatable bonds is 7. The molecule has 2 nitrogen and oxygen atoms in total. The summed E-state index contributed by atoms with van der Waals surface area (Å²) in [5.41, 5.74) is 1.66. The van der Waals surface area contributed by atoms with Crippen LogP contribution >= 0.6 is 0 Å². The SMILES string of the molecule is Fc1ccccc1NCCOCC=Cc1ccccc1. The minimum atomic E-state index is -0.239. The van der Waals surface area contributed by atoms with E-state index in [4.69, 9.17) is 4.74 Å². The van der Waals surface area contributed by atoms with E-state index >= 15 is 0 Å². The predicted octanol–water partition coefficient (Wildman–Crippen LogP) is 3.97. The Morgan fingerprint density at radius 3 is 2.55 bits per heavy atom. The Labute approximate surface area is 118 Å². The van der Waals surface area contributed by atoms with Crippen LogP contribution in [0.25, 0.3) is 6.08 Å². The number of anilines is 1. The average Bonchev–Trinajstić information content (AvgIpc) is 2.49. The molecule has 0 bridgehead atoms. The van der Waals surface area contributed by atoms with Crippen molar-refractivity contribution in [3.8, 4) is 0 Å². The second-order valence-electron chi connectivity index (χ2n) is 4.29. The Morgan fingerprint density at radius 2 is 1.75 bits per heavy atom. The van der Waals surface area contributed by atoms with Crippen molar-refractivity contribution in [3.63, 3.8) is 0 Å². The van der Waals surface area contributed by atoms with Gasteiger partial charge in [-0.25, -0.2) is 4.39 Å². The Morgan fingerprint density at radius 1 is 1.00 bits per heavy atom. The molecule has 0 unspecified atom stereocenters. The third kappa shape index (κ3) is 4.86. The first-order valence-electron chi connectivity index (χ1n) is 6.64. The van der Waals surface area contributed by atoms with Crippen molar-refractivity contribution < 1.29 is 9.13 Å². The van der Waals surface area contributed by atoms with E-state index in [2.05, 4.69) is 5.32 Å². The standard InChI is InChI=1S/C17H18FNO/c18-16-10-4-5-11-17(16)19-12-14-20-13-6-9-15-7-2-1-3-8-15/h1-11,19H,12-14H2. The summed E-state index contributed by atoms with van der Waals surface area (Å²) >= 11 is 0. The van der Waals surface area contributed by atoms with Crippen molar-refractivity contribution in [3.05, 3.63) is 72.1 Å². The zero-order valence-electron chi connectivity index (χ0n) is 11.3. The molecule has 0 heterocycles. The molecule has 0 radical (unpaired) electrons. The maximum Gasteiger partial charge on any atom is 0.146 e. The van der Waals surface area contributed by atoms with Crippen molar-refractivity contribution in [1.29, 1.82) is 0 Å². The molecule has 0 aliphatic rings. The smallest absolute Gasteiger partial charge is 0.146 e. The van der Waals surface area contributed by atoms with E-state index in [0.717, 1.165) is 5.56 Å². The van der Waals surface area contributed by atoms with Crippen molar-refractivity contribution >= 4 is 11.8 Å². The van der Waals surface area contributed by atoms with Crippen LogP contribution in [0, 0.1) is 5.82 Å². The molecule has 2 rings (SSSR count). The monoisotopic (exact) mass is 271 g/mol. The molecule has 0 atom stereocenters. The summed E-state index contributed by atoms with van der Waals surface area (Å²) in [7, 11) is 0. The molecule has 0 fully saturated rings. The molecule has 0 aromatic heterocycles. The molecular weight excluding hydrogens is 253 g/mol. The summed E-state index contributed by atoms with van der Waals surface area (Å²) in [4.78, 5) is 0. The van der Waals surface area contributed by atoms with Crippen LogP contribution in [-0.2, 0) is 4.74 Å². The van der Waals surface area contributed by atoms with Crippen LogP contribution in [0.15, 0.2) is 60.7 Å². The summed E-state index contributed by atoms with van der Waals surface area (Å²) in [6.07, 6.45) is 3.99. The van der Waals surface area contributed by atoms with E-state index in [-0.39, 0.29) is 5.82 Å². The zero-order chi connectivity index (χ0) is 14.0. The van der Waals surface area contributed by atoms with Crippen LogP contribution in [0.2, 0.25) is 0 Å². The highest BCUT2D eigenvalue weighted by Gasteiger charge is 1.97. The molecule has 2 aromatic carbocycles. The molecule has 1 N–H and O–H groups in total. The molecule has 20 heavy (non-hydrogen) atoms. The fourth-order valence-corrected chi connectivity index (χ4v) is 1.76. The van der Waals surface area contributed by atoms with E-state index in [1.54, 1.807) is 18.2 Å². The summed E-state index contributed by atoms with van der Waals surface area (Å²) in [6.45, 7) is 1.67. The average molecular weight is 271 g/mol. The second kappa shape index (κ2) is 8.12. The number of ether oxygens (including phenoxy) is 1. The van der Waals surface area contributed by atoms with Gasteiger partial charge in [-0.2, -0.15) is 0 Å². The second-order valence-corrected chi connectivity index (χ2v) is 4.29. The summed E-state index contributed by atoms with van der Waals surface area (Å²) in [6, 6.07) is 16.7. The van der Waals surface area contributed by atoms with Gasteiger partial charge in [-0.3, -0.25) is 0 Å². The van der Waals surface area contributed by atoms with E-state index in [1.807, 2.05) is 42.5 Å². The lowest BCUT2D eigenvalue weighted by Gasteiger charge is -2.06. The first kappa shape index (κ1) is 14.3. The van der Waals surface area contributed by atoms with Gasteiger partial charge in [0.25, 0.3) is 0 Å². The van der Waals surface area contributed by atoms with Gasteiger partial charge in [-0.1, -0.05) is 54.6 Å². The molecule has 2 aromatic rings. The summed E-state index contributed by atoms with van der Waals surface area (Å²) < 4.78 is 18.7. The zero-order valence-corrected chi connectivity index (χ0v) is 11.3. The van der Waals surface area contributed by atoms with Crippen molar-refractivity contribution in [2.75, 3.05) is 25.1 Å². The van der Waals surface area contributed by atoms with Crippen molar-refractivity contribution in [2.45, 2.75) is 0 Å². The number of benzene rings is 2. The minimum absolute atomic E-state index is 0.239. The van der Waals surface area contributed by atoms with Crippen LogP contribution in [0.1, 0.15) is 5.56 Å². The minimum Gasteiger partial charge on any atom is -0.380 e. The summed E-state index contributed by atoms with van der Waals surface area (Å²) in [5, 5.41) is 3.00. The van der Waals surface area contributed by atoms with Crippen LogP contribution < -0.4 is 5.32 Å². The van der Waals surface area contributed by atoms with Crippen LogP contribution in [0.3, 0.4) is 0 Å². The number of nitrogens with one attached hydrogen (secondary N) is 1. The topological polar surface area (TPSA) is 21.3 Å². The van der Waals surface area contributed by atoms with Gasteiger partial charge >= 0.3 is 0 Å². The Hall–Kier alpha value is -2.13. The fourth-order valence-electron chi connectivity index (χ4n) is 1.76. The predicted molar refractivity (Wildman–Crippen MR) is 81.2 cm³/mol. The van der Waals surface area contributed by atoms with Gasteiger partial charge in [0.15, 0.2) is 0 Å². The number of hydrogen-bond acceptors (Lipinski definition) is 2. The highest BCUT2D eigenvalue weighted by molar-refractivity contribution is 5.48. The third-order valence-corrected chi connectivity index (χ3v) is 2.76. The molecule has 0 spiro atoms. The van der Waals surface area contributed by atoms with Gasteiger partial charge in [0.05, 0.1) is 18.9 Å². The van der Waals surface area contributed by atoms with E-state index in [0.29, 0.717) is 25.4 Å². The van der Waals surface area contributed by atoms with Gasteiger partial charge in [0.1, 0.15) is 5.82 Å². The molecule has 0 amide bonds. The molecule has 104 valence electrons. The van der Waals surface area contributed by atoms with E-state index < -0.39 is 0 Å². The molecule has 0 saturated heterocycles. The van der Waals surface area contributed by atoms with Crippen molar-refractivity contribution in [1.82, 2.24) is 0 Å².